The molecule has 24 heavy (non-hydrogen) atoms. The fourth-order valence-corrected chi connectivity index (χ4v) is 3.03. The van der Waals surface area contributed by atoms with Gasteiger partial charge in [-0.15, -0.1) is 6.58 Å². The van der Waals surface area contributed by atoms with E-state index >= 15 is 0 Å². The van der Waals surface area contributed by atoms with Gasteiger partial charge >= 0.3 is 0 Å². The average molecular weight is 332 g/mol. The summed E-state index contributed by atoms with van der Waals surface area (Å²) < 4.78 is 23.3. The minimum atomic E-state index is -0.889. The van der Waals surface area contributed by atoms with Crippen LogP contribution in [-0.4, -0.2) is 42.2 Å². The van der Waals surface area contributed by atoms with Crippen molar-refractivity contribution in [1.29, 1.82) is 0 Å². The van der Waals surface area contributed by atoms with Gasteiger partial charge in [0, 0.05) is 5.56 Å². The summed E-state index contributed by atoms with van der Waals surface area (Å²) in [6.07, 6.45) is 3.54. The molecular weight excluding hydrogens is 308 g/mol. The van der Waals surface area contributed by atoms with Gasteiger partial charge in [-0.25, -0.2) is 0 Å². The normalized spacial score (nSPS) is 38.9. The molecule has 5 atom stereocenters. The van der Waals surface area contributed by atoms with Crippen molar-refractivity contribution >= 4 is 0 Å². The fraction of sp³-hybridized carbons (Fsp3) is 0.474. The SMILES string of the molecule is C=C[C@]1(C)O[C@]2(C)CO[C@@H](c3ccc(OC)cc3)O[C@H]2C=C[C@H]1O. The van der Waals surface area contributed by atoms with Gasteiger partial charge in [-0.3, -0.25) is 0 Å². The van der Waals surface area contributed by atoms with Crippen LogP contribution in [0.3, 0.4) is 0 Å². The van der Waals surface area contributed by atoms with E-state index in [9.17, 15) is 5.11 Å². The first-order valence-corrected chi connectivity index (χ1v) is 8.01. The van der Waals surface area contributed by atoms with E-state index < -0.39 is 23.6 Å². The maximum Gasteiger partial charge on any atom is 0.184 e. The molecule has 3 rings (SSSR count). The molecule has 0 radical (unpaired) electrons. The van der Waals surface area contributed by atoms with Crippen molar-refractivity contribution in [2.45, 2.75) is 43.5 Å². The van der Waals surface area contributed by atoms with Gasteiger partial charge < -0.3 is 24.1 Å². The Bertz CT molecular complexity index is 625. The number of hydrogen-bond acceptors (Lipinski definition) is 5. The lowest BCUT2D eigenvalue weighted by molar-refractivity contribution is -0.306. The molecule has 0 unspecified atom stereocenters. The van der Waals surface area contributed by atoms with E-state index in [0.717, 1.165) is 11.3 Å². The summed E-state index contributed by atoms with van der Waals surface area (Å²) in [5.74, 6) is 0.780. The minimum absolute atomic E-state index is 0.338. The maximum atomic E-state index is 10.3. The first-order chi connectivity index (χ1) is 11.4. The standard InChI is InChI=1S/C19H24O5/c1-5-18(2)15(20)10-11-16-19(3,24-18)12-22-17(23-16)13-6-8-14(21-4)9-7-13/h5-11,15-17,20H,1,12H2,2-4H3/t15-,16+,17-,18+,19-/m1/s1. The van der Waals surface area contributed by atoms with E-state index in [0.29, 0.717) is 6.61 Å². The van der Waals surface area contributed by atoms with Crippen LogP contribution in [0.1, 0.15) is 25.7 Å². The van der Waals surface area contributed by atoms with Gasteiger partial charge in [0.05, 0.1) is 13.7 Å². The van der Waals surface area contributed by atoms with Crippen molar-refractivity contribution in [3.05, 3.63) is 54.6 Å². The third kappa shape index (κ3) is 3.00. The number of methoxy groups -OCH3 is 1. The van der Waals surface area contributed by atoms with Crippen molar-refractivity contribution in [3.63, 3.8) is 0 Å². The molecule has 0 saturated carbocycles. The summed E-state index contributed by atoms with van der Waals surface area (Å²) in [5.41, 5.74) is -0.693. The van der Waals surface area contributed by atoms with Crippen molar-refractivity contribution in [3.8, 4) is 5.75 Å². The van der Waals surface area contributed by atoms with Crippen LogP contribution in [0.15, 0.2) is 49.1 Å². The molecule has 5 heteroatoms. The van der Waals surface area contributed by atoms with Crippen LogP contribution in [0.25, 0.3) is 0 Å². The summed E-state index contributed by atoms with van der Waals surface area (Å²) in [5, 5.41) is 10.3. The van der Waals surface area contributed by atoms with Crippen LogP contribution in [-0.2, 0) is 14.2 Å². The lowest BCUT2D eigenvalue weighted by Gasteiger charge is -2.45. The minimum Gasteiger partial charge on any atom is -0.497 e. The Labute approximate surface area is 142 Å². The first-order valence-electron chi connectivity index (χ1n) is 8.01. The van der Waals surface area contributed by atoms with Crippen molar-refractivity contribution in [1.82, 2.24) is 0 Å². The number of fused-ring (bicyclic) bond motifs is 1. The summed E-state index contributed by atoms with van der Waals surface area (Å²) in [6.45, 7) is 7.85. The monoisotopic (exact) mass is 332 g/mol. The Balaban J connectivity index is 1.82. The Morgan fingerprint density at radius 1 is 1.25 bits per heavy atom. The third-order valence-corrected chi connectivity index (χ3v) is 4.70. The second-order valence-corrected chi connectivity index (χ2v) is 6.61. The largest absolute Gasteiger partial charge is 0.497 e. The van der Waals surface area contributed by atoms with E-state index in [1.54, 1.807) is 26.2 Å². The third-order valence-electron chi connectivity index (χ3n) is 4.70. The van der Waals surface area contributed by atoms with Crippen LogP contribution in [0.4, 0.5) is 0 Å². The molecule has 5 nitrogen and oxygen atoms in total. The number of hydrogen-bond donors (Lipinski definition) is 1. The topological polar surface area (TPSA) is 57.2 Å². The van der Waals surface area contributed by atoms with Crippen LogP contribution in [0.5, 0.6) is 5.75 Å². The molecule has 0 aromatic heterocycles. The molecule has 2 aliphatic heterocycles. The predicted molar refractivity (Wildman–Crippen MR) is 89.8 cm³/mol. The molecule has 0 amide bonds. The van der Waals surface area contributed by atoms with Gasteiger partial charge in [-0.1, -0.05) is 30.4 Å². The molecule has 0 aliphatic carbocycles. The fourth-order valence-electron chi connectivity index (χ4n) is 3.03. The number of aliphatic hydroxyl groups excluding tert-OH is 1. The maximum absolute atomic E-state index is 10.3. The van der Waals surface area contributed by atoms with Gasteiger partial charge in [-0.05, 0) is 26.0 Å². The van der Waals surface area contributed by atoms with Crippen molar-refractivity contribution in [2.75, 3.05) is 13.7 Å². The van der Waals surface area contributed by atoms with Gasteiger partial charge in [0.2, 0.25) is 0 Å². The highest BCUT2D eigenvalue weighted by atomic mass is 16.7. The molecule has 1 fully saturated rings. The number of aliphatic hydroxyl groups is 1. The van der Waals surface area contributed by atoms with E-state index in [1.807, 2.05) is 37.3 Å². The number of ether oxygens (including phenoxy) is 4. The van der Waals surface area contributed by atoms with Crippen LogP contribution in [0, 0.1) is 0 Å². The Kier molecular flexibility index (Phi) is 4.53. The first kappa shape index (κ1) is 17.2. The molecule has 1 aromatic rings. The van der Waals surface area contributed by atoms with Crippen LogP contribution in [0.2, 0.25) is 0 Å². The van der Waals surface area contributed by atoms with Gasteiger partial charge in [-0.2, -0.15) is 0 Å². The summed E-state index contributed by atoms with van der Waals surface area (Å²) in [6, 6.07) is 7.56. The van der Waals surface area contributed by atoms with E-state index in [4.69, 9.17) is 18.9 Å². The zero-order valence-corrected chi connectivity index (χ0v) is 14.3. The van der Waals surface area contributed by atoms with Gasteiger partial charge in [0.15, 0.2) is 6.29 Å². The highest BCUT2D eigenvalue weighted by Gasteiger charge is 2.49. The van der Waals surface area contributed by atoms with E-state index in [2.05, 4.69) is 6.58 Å². The van der Waals surface area contributed by atoms with Gasteiger partial charge in [0.25, 0.3) is 0 Å². The average Bonchev–Trinajstić information content (AvgIpc) is 2.69. The van der Waals surface area contributed by atoms with Crippen molar-refractivity contribution in [2.24, 2.45) is 0 Å². The summed E-state index contributed by atoms with van der Waals surface area (Å²) in [4.78, 5) is 0. The predicted octanol–water partition coefficient (Wildman–Crippen LogP) is 2.76. The molecular formula is C19H24O5. The molecule has 1 N–H and O–H groups in total. The second kappa shape index (κ2) is 6.33. The zero-order valence-electron chi connectivity index (χ0n) is 14.3. The molecule has 130 valence electrons. The smallest absolute Gasteiger partial charge is 0.184 e. The second-order valence-electron chi connectivity index (χ2n) is 6.61. The molecule has 1 aromatic carbocycles. The Morgan fingerprint density at radius 3 is 2.58 bits per heavy atom. The highest BCUT2D eigenvalue weighted by Crippen LogP contribution is 2.40. The summed E-state index contributed by atoms with van der Waals surface area (Å²) in [7, 11) is 1.63. The van der Waals surface area contributed by atoms with Gasteiger partial charge in [0.1, 0.15) is 29.2 Å². The molecule has 1 saturated heterocycles. The Morgan fingerprint density at radius 2 is 1.96 bits per heavy atom. The zero-order chi connectivity index (χ0) is 17.4. The van der Waals surface area contributed by atoms with Crippen LogP contribution >= 0.6 is 0 Å². The molecule has 0 bridgehead atoms. The van der Waals surface area contributed by atoms with Crippen LogP contribution < -0.4 is 4.74 Å². The lowest BCUT2D eigenvalue weighted by Crippen LogP contribution is -2.55. The van der Waals surface area contributed by atoms with Crippen molar-refractivity contribution < 1.29 is 24.1 Å². The summed E-state index contributed by atoms with van der Waals surface area (Å²) >= 11 is 0. The number of rotatable bonds is 3. The molecule has 2 aliphatic rings. The Hall–Kier alpha value is -1.66. The lowest BCUT2D eigenvalue weighted by atomic mass is 9.97. The quantitative estimate of drug-likeness (QED) is 0.863. The highest BCUT2D eigenvalue weighted by molar-refractivity contribution is 5.28. The number of benzene rings is 1. The van der Waals surface area contributed by atoms with E-state index in [1.165, 1.54) is 0 Å². The molecule has 0 spiro atoms. The van der Waals surface area contributed by atoms with E-state index in [-0.39, 0.29) is 6.10 Å². The molecule has 2 heterocycles.